The van der Waals surface area contributed by atoms with Gasteiger partial charge in [0.25, 0.3) is 5.91 Å². The van der Waals surface area contributed by atoms with Gasteiger partial charge in [0.05, 0.1) is 12.7 Å². The van der Waals surface area contributed by atoms with E-state index in [9.17, 15) is 22.4 Å². The Morgan fingerprint density at radius 2 is 1.77 bits per heavy atom. The van der Waals surface area contributed by atoms with E-state index < -0.39 is 17.6 Å². The maximum atomic E-state index is 13.8. The molecule has 0 aliphatic heterocycles. The molecule has 0 atom stereocenters. The molecule has 0 bridgehead atoms. The highest BCUT2D eigenvalue weighted by Crippen LogP contribution is 2.35. The van der Waals surface area contributed by atoms with Gasteiger partial charge in [0.1, 0.15) is 23.1 Å². The number of methoxy groups -OCH3 is 1. The number of amides is 1. The molecule has 0 saturated heterocycles. The van der Waals surface area contributed by atoms with Crippen molar-refractivity contribution in [3.8, 4) is 22.1 Å². The second kappa shape index (κ2) is 10.1. The number of aromatic nitrogens is 1. The van der Waals surface area contributed by atoms with Crippen molar-refractivity contribution in [3.63, 3.8) is 0 Å². The fourth-order valence-corrected chi connectivity index (χ4v) is 3.94. The molecule has 10 heteroatoms. The van der Waals surface area contributed by atoms with Crippen molar-refractivity contribution in [1.29, 1.82) is 0 Å². The standard InChI is InChI=1S/C25H18F4N2O3S/c1-33-22-12-15(6-11-21(22)34-13-16-4-2-3-5-19(16)26)24-31-20(14-35-24)23(32)30-18-9-7-17(8-10-18)25(27,28)29/h2-12,14H,13H2,1H3,(H,30,32). The molecule has 180 valence electrons. The van der Waals surface area contributed by atoms with Crippen molar-refractivity contribution in [2.24, 2.45) is 0 Å². The Balaban J connectivity index is 1.45. The smallest absolute Gasteiger partial charge is 0.416 e. The van der Waals surface area contributed by atoms with E-state index in [-0.39, 0.29) is 23.8 Å². The van der Waals surface area contributed by atoms with Gasteiger partial charge in [0.2, 0.25) is 0 Å². The number of nitrogens with one attached hydrogen (secondary N) is 1. The zero-order chi connectivity index (χ0) is 25.0. The van der Waals surface area contributed by atoms with Crippen molar-refractivity contribution in [2.45, 2.75) is 12.8 Å². The summed E-state index contributed by atoms with van der Waals surface area (Å²) in [6.45, 7) is 0.0217. The third-order valence-electron chi connectivity index (χ3n) is 4.96. The highest BCUT2D eigenvalue weighted by Gasteiger charge is 2.30. The Morgan fingerprint density at radius 3 is 2.46 bits per heavy atom. The Bertz CT molecular complexity index is 1340. The first kappa shape index (κ1) is 24.2. The van der Waals surface area contributed by atoms with Crippen LogP contribution in [0.15, 0.2) is 72.1 Å². The summed E-state index contributed by atoms with van der Waals surface area (Å²) in [7, 11) is 1.47. The number of carbonyl (C=O) groups excluding carboxylic acids is 1. The molecule has 1 heterocycles. The maximum absolute atomic E-state index is 13.8. The van der Waals surface area contributed by atoms with E-state index in [2.05, 4.69) is 10.3 Å². The van der Waals surface area contributed by atoms with E-state index in [0.717, 1.165) is 12.1 Å². The van der Waals surface area contributed by atoms with Crippen LogP contribution in [0.5, 0.6) is 11.5 Å². The van der Waals surface area contributed by atoms with E-state index in [1.165, 1.54) is 36.6 Å². The molecular weight excluding hydrogens is 484 g/mol. The minimum absolute atomic E-state index is 0.0217. The molecule has 3 aromatic carbocycles. The molecule has 4 aromatic rings. The van der Waals surface area contributed by atoms with Gasteiger partial charge in [-0.25, -0.2) is 9.37 Å². The average Bonchev–Trinajstić information content (AvgIpc) is 3.34. The van der Waals surface area contributed by atoms with Crippen molar-refractivity contribution >= 4 is 22.9 Å². The molecule has 1 amide bonds. The summed E-state index contributed by atoms with van der Waals surface area (Å²) in [4.78, 5) is 16.8. The van der Waals surface area contributed by atoms with Gasteiger partial charge in [-0.05, 0) is 48.5 Å². The highest BCUT2D eigenvalue weighted by molar-refractivity contribution is 7.13. The van der Waals surface area contributed by atoms with Crippen LogP contribution in [0.4, 0.5) is 23.2 Å². The zero-order valence-corrected chi connectivity index (χ0v) is 19.0. The minimum atomic E-state index is -4.45. The number of rotatable bonds is 7. The van der Waals surface area contributed by atoms with Crippen molar-refractivity contribution < 1.29 is 31.8 Å². The van der Waals surface area contributed by atoms with Crippen LogP contribution in [0.25, 0.3) is 10.6 Å². The lowest BCUT2D eigenvalue weighted by molar-refractivity contribution is -0.137. The lowest BCUT2D eigenvalue weighted by Crippen LogP contribution is -2.12. The Hall–Kier alpha value is -3.92. The van der Waals surface area contributed by atoms with Crippen LogP contribution >= 0.6 is 11.3 Å². The largest absolute Gasteiger partial charge is 0.493 e. The van der Waals surface area contributed by atoms with E-state index >= 15 is 0 Å². The van der Waals surface area contributed by atoms with Crippen molar-refractivity contribution in [1.82, 2.24) is 4.98 Å². The van der Waals surface area contributed by atoms with Gasteiger partial charge in [0, 0.05) is 22.2 Å². The molecule has 1 N–H and O–H groups in total. The van der Waals surface area contributed by atoms with Gasteiger partial charge in [-0.1, -0.05) is 18.2 Å². The molecule has 0 saturated carbocycles. The molecule has 0 aliphatic carbocycles. The summed E-state index contributed by atoms with van der Waals surface area (Å²) in [6, 6.07) is 15.5. The fraction of sp³-hybridized carbons (Fsp3) is 0.120. The number of thiazole rings is 1. The molecule has 35 heavy (non-hydrogen) atoms. The van der Waals surface area contributed by atoms with Crippen LogP contribution in [0.3, 0.4) is 0 Å². The summed E-state index contributed by atoms with van der Waals surface area (Å²) < 4.78 is 63.0. The van der Waals surface area contributed by atoms with Crippen LogP contribution in [-0.2, 0) is 12.8 Å². The quantitative estimate of drug-likeness (QED) is 0.282. The van der Waals surface area contributed by atoms with E-state index in [4.69, 9.17) is 9.47 Å². The first-order valence-electron chi connectivity index (χ1n) is 10.2. The number of ether oxygens (including phenoxy) is 2. The summed E-state index contributed by atoms with van der Waals surface area (Å²) in [6.07, 6.45) is -4.45. The van der Waals surface area contributed by atoms with Crippen molar-refractivity contribution in [2.75, 3.05) is 12.4 Å². The van der Waals surface area contributed by atoms with Crippen LogP contribution < -0.4 is 14.8 Å². The second-order valence-corrected chi connectivity index (χ2v) is 8.17. The summed E-state index contributed by atoms with van der Waals surface area (Å²) in [5, 5.41) is 4.61. The predicted molar refractivity (Wildman–Crippen MR) is 124 cm³/mol. The van der Waals surface area contributed by atoms with E-state index in [1.807, 2.05) is 0 Å². The minimum Gasteiger partial charge on any atom is -0.493 e. The maximum Gasteiger partial charge on any atom is 0.416 e. The van der Waals surface area contributed by atoms with E-state index in [1.54, 1.807) is 41.8 Å². The summed E-state index contributed by atoms with van der Waals surface area (Å²) in [5.41, 5.74) is 0.599. The lowest BCUT2D eigenvalue weighted by atomic mass is 10.2. The lowest BCUT2D eigenvalue weighted by Gasteiger charge is -2.12. The monoisotopic (exact) mass is 502 g/mol. The molecule has 0 unspecified atom stereocenters. The second-order valence-electron chi connectivity index (χ2n) is 7.31. The van der Waals surface area contributed by atoms with Crippen LogP contribution in [0, 0.1) is 5.82 Å². The highest BCUT2D eigenvalue weighted by atomic mass is 32.1. The fourth-order valence-electron chi connectivity index (χ4n) is 3.14. The van der Waals surface area contributed by atoms with E-state index in [0.29, 0.717) is 27.6 Å². The topological polar surface area (TPSA) is 60.5 Å². The molecule has 5 nitrogen and oxygen atoms in total. The predicted octanol–water partition coefficient (Wildman–Crippen LogP) is 6.81. The van der Waals surface area contributed by atoms with Gasteiger partial charge >= 0.3 is 6.18 Å². The number of alkyl halides is 3. The number of nitrogens with zero attached hydrogens (tertiary/aromatic N) is 1. The van der Waals surface area contributed by atoms with Gasteiger partial charge < -0.3 is 14.8 Å². The van der Waals surface area contributed by atoms with Gasteiger partial charge in [-0.15, -0.1) is 11.3 Å². The normalized spacial score (nSPS) is 11.2. The zero-order valence-electron chi connectivity index (χ0n) is 18.2. The van der Waals surface area contributed by atoms with Gasteiger partial charge in [-0.2, -0.15) is 13.2 Å². The Morgan fingerprint density at radius 1 is 1.03 bits per heavy atom. The van der Waals surface area contributed by atoms with Crippen LogP contribution in [-0.4, -0.2) is 18.0 Å². The number of halogens is 4. The molecule has 4 rings (SSSR count). The number of hydrogen-bond donors (Lipinski definition) is 1. The summed E-state index contributed by atoms with van der Waals surface area (Å²) >= 11 is 1.22. The molecular formula is C25H18F4N2O3S. The van der Waals surface area contributed by atoms with Crippen LogP contribution in [0.1, 0.15) is 21.6 Å². The van der Waals surface area contributed by atoms with Gasteiger partial charge in [-0.3, -0.25) is 4.79 Å². The number of carbonyl (C=O) groups is 1. The average molecular weight is 502 g/mol. The Kier molecular flexibility index (Phi) is 7.02. The third kappa shape index (κ3) is 5.78. The first-order valence-corrected chi connectivity index (χ1v) is 11.1. The molecule has 0 aliphatic rings. The number of hydrogen-bond acceptors (Lipinski definition) is 5. The number of anilines is 1. The molecule has 0 spiro atoms. The first-order chi connectivity index (χ1) is 16.7. The Labute approximate surface area is 202 Å². The third-order valence-corrected chi connectivity index (χ3v) is 5.85. The molecule has 1 aromatic heterocycles. The molecule has 0 radical (unpaired) electrons. The molecule has 0 fully saturated rings. The van der Waals surface area contributed by atoms with Gasteiger partial charge in [0.15, 0.2) is 11.5 Å². The summed E-state index contributed by atoms with van der Waals surface area (Å²) in [5.74, 6) is -0.0989. The van der Waals surface area contributed by atoms with Crippen molar-refractivity contribution in [3.05, 3.63) is 94.7 Å². The van der Waals surface area contributed by atoms with Crippen LogP contribution in [0.2, 0.25) is 0 Å². The SMILES string of the molecule is COc1cc(-c2nc(C(=O)Nc3ccc(C(F)(F)F)cc3)cs2)ccc1OCc1ccccc1F. The number of benzene rings is 3.